The van der Waals surface area contributed by atoms with Crippen LogP contribution in [0.25, 0.3) is 0 Å². The van der Waals surface area contributed by atoms with Crippen LogP contribution in [0.4, 0.5) is 5.69 Å². The number of hydrogen-bond donors (Lipinski definition) is 1. The van der Waals surface area contributed by atoms with Crippen LogP contribution in [0.15, 0.2) is 48.5 Å². The molecule has 0 atom stereocenters. The van der Waals surface area contributed by atoms with E-state index in [0.717, 1.165) is 22.6 Å². The van der Waals surface area contributed by atoms with Crippen molar-refractivity contribution in [3.8, 4) is 5.75 Å². The largest absolute Gasteiger partial charge is 0.497 e. The maximum Gasteiger partial charge on any atom is 0.182 e. The van der Waals surface area contributed by atoms with Crippen molar-refractivity contribution in [2.75, 3.05) is 19.0 Å². The van der Waals surface area contributed by atoms with E-state index in [4.69, 9.17) is 4.74 Å². The average Bonchev–Trinajstić information content (AvgIpc) is 2.45. The fourth-order valence-corrected chi connectivity index (χ4v) is 1.91. The van der Waals surface area contributed by atoms with Crippen molar-refractivity contribution >= 4 is 11.5 Å². The first-order valence-electron chi connectivity index (χ1n) is 6.17. The lowest BCUT2D eigenvalue weighted by atomic mass is 10.0. The highest BCUT2D eigenvalue weighted by Gasteiger charge is 2.09. The van der Waals surface area contributed by atoms with Crippen LogP contribution in [0.1, 0.15) is 15.9 Å². The Labute approximate surface area is 113 Å². The Morgan fingerprint density at radius 1 is 1.16 bits per heavy atom. The number of aryl methyl sites for hydroxylation is 1. The average molecular weight is 255 g/mol. The second-order valence-electron chi connectivity index (χ2n) is 4.32. The predicted molar refractivity (Wildman–Crippen MR) is 77.0 cm³/mol. The topological polar surface area (TPSA) is 38.3 Å². The molecular weight excluding hydrogens is 238 g/mol. The summed E-state index contributed by atoms with van der Waals surface area (Å²) in [6.45, 7) is 2.20. The van der Waals surface area contributed by atoms with Gasteiger partial charge in [-0.25, -0.2) is 0 Å². The molecule has 3 nitrogen and oxygen atoms in total. The number of ketones is 1. The number of Topliss-reactive ketones (excluding diaryl/α,β-unsaturated/α-hetero) is 1. The number of hydrogen-bond acceptors (Lipinski definition) is 3. The maximum absolute atomic E-state index is 12.1. The molecule has 0 radical (unpaired) electrons. The lowest BCUT2D eigenvalue weighted by Crippen LogP contribution is -2.15. The van der Waals surface area contributed by atoms with Gasteiger partial charge < -0.3 is 10.1 Å². The van der Waals surface area contributed by atoms with Gasteiger partial charge in [0.05, 0.1) is 13.7 Å². The van der Waals surface area contributed by atoms with Crippen LogP contribution in [-0.4, -0.2) is 19.4 Å². The third-order valence-electron chi connectivity index (χ3n) is 2.96. The molecular formula is C16H17NO2. The second kappa shape index (κ2) is 6.05. The van der Waals surface area contributed by atoms with Gasteiger partial charge in [0.15, 0.2) is 5.78 Å². The monoisotopic (exact) mass is 255 g/mol. The molecule has 3 heteroatoms. The van der Waals surface area contributed by atoms with Crippen LogP contribution in [0.2, 0.25) is 0 Å². The summed E-state index contributed by atoms with van der Waals surface area (Å²) in [4.78, 5) is 12.1. The third-order valence-corrected chi connectivity index (χ3v) is 2.96. The summed E-state index contributed by atoms with van der Waals surface area (Å²) in [5.74, 6) is 0.842. The summed E-state index contributed by atoms with van der Waals surface area (Å²) in [5, 5.41) is 3.12. The van der Waals surface area contributed by atoms with E-state index in [1.807, 2.05) is 55.5 Å². The van der Waals surface area contributed by atoms with E-state index in [1.54, 1.807) is 7.11 Å². The molecule has 98 valence electrons. The van der Waals surface area contributed by atoms with Gasteiger partial charge in [0.1, 0.15) is 5.75 Å². The number of para-hydroxylation sites is 1. The van der Waals surface area contributed by atoms with Gasteiger partial charge in [0.25, 0.3) is 0 Å². The van der Waals surface area contributed by atoms with Crippen molar-refractivity contribution in [2.45, 2.75) is 6.92 Å². The lowest BCUT2D eigenvalue weighted by Gasteiger charge is -2.09. The van der Waals surface area contributed by atoms with Crippen LogP contribution < -0.4 is 10.1 Å². The van der Waals surface area contributed by atoms with Crippen molar-refractivity contribution in [2.24, 2.45) is 0 Å². The van der Waals surface area contributed by atoms with Gasteiger partial charge >= 0.3 is 0 Å². The van der Waals surface area contributed by atoms with E-state index in [0.29, 0.717) is 0 Å². The van der Waals surface area contributed by atoms with Crippen LogP contribution in [0, 0.1) is 6.92 Å². The van der Waals surface area contributed by atoms with Crippen LogP contribution in [0.5, 0.6) is 5.75 Å². The molecule has 0 aliphatic rings. The normalized spacial score (nSPS) is 10.0. The number of methoxy groups -OCH3 is 1. The van der Waals surface area contributed by atoms with Gasteiger partial charge in [-0.2, -0.15) is 0 Å². The number of rotatable bonds is 5. The zero-order valence-electron chi connectivity index (χ0n) is 11.1. The number of nitrogens with one attached hydrogen (secondary N) is 1. The Kier molecular flexibility index (Phi) is 4.18. The van der Waals surface area contributed by atoms with Crippen molar-refractivity contribution in [1.29, 1.82) is 0 Å². The number of benzene rings is 2. The van der Waals surface area contributed by atoms with E-state index in [2.05, 4.69) is 5.32 Å². The molecule has 2 aromatic rings. The molecule has 0 amide bonds. The van der Waals surface area contributed by atoms with Gasteiger partial charge in [0, 0.05) is 11.3 Å². The summed E-state index contributed by atoms with van der Waals surface area (Å²) in [6, 6.07) is 15.2. The first-order valence-corrected chi connectivity index (χ1v) is 6.17. The zero-order chi connectivity index (χ0) is 13.7. The maximum atomic E-state index is 12.1. The molecule has 0 fully saturated rings. The first-order chi connectivity index (χ1) is 9.20. The number of anilines is 1. The SMILES string of the molecule is COc1ccc(C(=O)CNc2ccccc2)c(C)c1. The van der Waals surface area contributed by atoms with E-state index in [-0.39, 0.29) is 12.3 Å². The van der Waals surface area contributed by atoms with E-state index < -0.39 is 0 Å². The number of carbonyl (C=O) groups excluding carboxylic acids is 1. The van der Waals surface area contributed by atoms with Crippen molar-refractivity contribution in [3.05, 3.63) is 59.7 Å². The summed E-state index contributed by atoms with van der Waals surface area (Å²) in [6.07, 6.45) is 0. The molecule has 0 aromatic heterocycles. The van der Waals surface area contributed by atoms with Gasteiger partial charge in [-0.05, 0) is 42.8 Å². The second-order valence-corrected chi connectivity index (χ2v) is 4.32. The minimum absolute atomic E-state index is 0.0732. The highest BCUT2D eigenvalue weighted by Crippen LogP contribution is 2.17. The molecule has 2 rings (SSSR count). The lowest BCUT2D eigenvalue weighted by molar-refractivity contribution is 0.101. The fraction of sp³-hybridized carbons (Fsp3) is 0.188. The Bertz CT molecular complexity index is 564. The molecule has 1 N–H and O–H groups in total. The summed E-state index contributed by atoms with van der Waals surface area (Å²) in [7, 11) is 1.62. The Balaban J connectivity index is 2.04. The molecule has 0 aliphatic heterocycles. The van der Waals surface area contributed by atoms with Gasteiger partial charge in [-0.3, -0.25) is 4.79 Å². The van der Waals surface area contributed by atoms with Gasteiger partial charge in [-0.1, -0.05) is 18.2 Å². The fourth-order valence-electron chi connectivity index (χ4n) is 1.91. The van der Waals surface area contributed by atoms with Crippen LogP contribution in [-0.2, 0) is 0 Å². The van der Waals surface area contributed by atoms with Crippen molar-refractivity contribution < 1.29 is 9.53 Å². The molecule has 0 aliphatic carbocycles. The molecule has 0 heterocycles. The highest BCUT2D eigenvalue weighted by atomic mass is 16.5. The zero-order valence-corrected chi connectivity index (χ0v) is 11.1. The summed E-state index contributed by atoms with van der Waals surface area (Å²) < 4.78 is 5.13. The summed E-state index contributed by atoms with van der Waals surface area (Å²) >= 11 is 0. The molecule has 0 saturated carbocycles. The third kappa shape index (κ3) is 3.35. The molecule has 2 aromatic carbocycles. The van der Waals surface area contributed by atoms with Gasteiger partial charge in [0.2, 0.25) is 0 Å². The Hall–Kier alpha value is -2.29. The molecule has 0 unspecified atom stereocenters. The smallest absolute Gasteiger partial charge is 0.182 e. The summed E-state index contributed by atoms with van der Waals surface area (Å²) in [5.41, 5.74) is 2.60. The molecule has 19 heavy (non-hydrogen) atoms. The quantitative estimate of drug-likeness (QED) is 0.833. The molecule has 0 saturated heterocycles. The minimum atomic E-state index is 0.0732. The van der Waals surface area contributed by atoms with Crippen molar-refractivity contribution in [1.82, 2.24) is 0 Å². The minimum Gasteiger partial charge on any atom is -0.497 e. The van der Waals surface area contributed by atoms with Crippen molar-refractivity contribution in [3.63, 3.8) is 0 Å². The Morgan fingerprint density at radius 2 is 1.89 bits per heavy atom. The first kappa shape index (κ1) is 13.1. The Morgan fingerprint density at radius 3 is 2.53 bits per heavy atom. The van der Waals surface area contributed by atoms with E-state index in [1.165, 1.54) is 0 Å². The number of carbonyl (C=O) groups is 1. The predicted octanol–water partition coefficient (Wildman–Crippen LogP) is 3.30. The van der Waals surface area contributed by atoms with E-state index in [9.17, 15) is 4.79 Å². The van der Waals surface area contributed by atoms with Gasteiger partial charge in [-0.15, -0.1) is 0 Å². The van der Waals surface area contributed by atoms with E-state index >= 15 is 0 Å². The standard InChI is InChI=1S/C16H17NO2/c1-12-10-14(19-2)8-9-15(12)16(18)11-17-13-6-4-3-5-7-13/h3-10,17H,11H2,1-2H3. The van der Waals surface area contributed by atoms with Crippen LogP contribution >= 0.6 is 0 Å². The highest BCUT2D eigenvalue weighted by molar-refractivity contribution is 6.00. The molecule has 0 bridgehead atoms. The molecule has 0 spiro atoms. The number of ether oxygens (including phenoxy) is 1. The van der Waals surface area contributed by atoms with Crippen LogP contribution in [0.3, 0.4) is 0 Å².